The number of imidazole rings is 1. The number of aromatic nitrogens is 2. The molecule has 0 spiro atoms. The number of nitrogens with one attached hydrogen (secondary N) is 1. The highest BCUT2D eigenvalue weighted by molar-refractivity contribution is 7.89. The van der Waals surface area contributed by atoms with Crippen LogP contribution in [0, 0.1) is 5.92 Å². The number of hydrogen-bond donors (Lipinski definition) is 2. The van der Waals surface area contributed by atoms with Crippen LogP contribution in [-0.2, 0) is 17.1 Å². The van der Waals surface area contributed by atoms with Crippen LogP contribution in [0.4, 0.5) is 0 Å². The Balaban J connectivity index is 2.19. The van der Waals surface area contributed by atoms with E-state index in [1.807, 2.05) is 0 Å². The predicted octanol–water partition coefficient (Wildman–Crippen LogP) is 0.903. The second-order valence-electron chi connectivity index (χ2n) is 4.91. The van der Waals surface area contributed by atoms with Gasteiger partial charge in [0.1, 0.15) is 5.15 Å². The van der Waals surface area contributed by atoms with Crippen LogP contribution >= 0.6 is 11.6 Å². The normalized spacial score (nSPS) is 24.6. The molecule has 0 amide bonds. The number of hydrogen-bond acceptors (Lipinski definition) is 4. The van der Waals surface area contributed by atoms with Crippen molar-refractivity contribution >= 4 is 21.6 Å². The molecule has 1 aromatic rings. The van der Waals surface area contributed by atoms with E-state index in [0.29, 0.717) is 0 Å². The second kappa shape index (κ2) is 5.78. The van der Waals surface area contributed by atoms with Crippen LogP contribution in [0.5, 0.6) is 0 Å². The summed E-state index contributed by atoms with van der Waals surface area (Å²) in [7, 11) is -2.11. The zero-order valence-corrected chi connectivity index (χ0v) is 12.3. The summed E-state index contributed by atoms with van der Waals surface area (Å²) < 4.78 is 28.5. The molecule has 2 N–H and O–H groups in total. The summed E-state index contributed by atoms with van der Waals surface area (Å²) in [4.78, 5) is 3.82. The molecule has 1 aromatic heterocycles. The van der Waals surface area contributed by atoms with Gasteiger partial charge in [-0.05, 0) is 18.8 Å². The average molecular weight is 308 g/mol. The molecule has 0 saturated heterocycles. The molecule has 0 aromatic carbocycles. The summed E-state index contributed by atoms with van der Waals surface area (Å²) in [5, 5.41) is 9.24. The molecule has 1 heterocycles. The standard InChI is InChI=1S/C11H18ClN3O3S/c1-15-7-13-11(10(15)12)19(17,18)14-9-5-3-2-4-8(9)6-16/h7-9,14,16H,2-6H2,1H3. The molecule has 2 atom stereocenters. The first kappa shape index (κ1) is 14.8. The fourth-order valence-corrected chi connectivity index (χ4v) is 4.18. The van der Waals surface area contributed by atoms with Gasteiger partial charge in [0.25, 0.3) is 10.0 Å². The third-order valence-electron chi connectivity index (χ3n) is 3.54. The smallest absolute Gasteiger partial charge is 0.261 e. The first-order valence-corrected chi connectivity index (χ1v) is 8.12. The van der Waals surface area contributed by atoms with E-state index in [9.17, 15) is 13.5 Å². The van der Waals surface area contributed by atoms with Gasteiger partial charge in [0, 0.05) is 19.7 Å². The van der Waals surface area contributed by atoms with Gasteiger partial charge in [-0.2, -0.15) is 0 Å². The van der Waals surface area contributed by atoms with Crippen LogP contribution < -0.4 is 4.72 Å². The van der Waals surface area contributed by atoms with Crippen molar-refractivity contribution in [2.24, 2.45) is 13.0 Å². The molecule has 1 aliphatic carbocycles. The van der Waals surface area contributed by atoms with Gasteiger partial charge in [-0.1, -0.05) is 24.4 Å². The van der Waals surface area contributed by atoms with Crippen molar-refractivity contribution < 1.29 is 13.5 Å². The van der Waals surface area contributed by atoms with Crippen LogP contribution in [0.15, 0.2) is 11.4 Å². The summed E-state index contributed by atoms with van der Waals surface area (Å²) in [5.41, 5.74) is 0. The Labute approximate surface area is 117 Å². The van der Waals surface area contributed by atoms with Gasteiger partial charge in [-0.25, -0.2) is 18.1 Å². The van der Waals surface area contributed by atoms with E-state index in [1.165, 1.54) is 10.9 Å². The molecule has 6 nitrogen and oxygen atoms in total. The number of halogens is 1. The summed E-state index contributed by atoms with van der Waals surface area (Å²) >= 11 is 5.91. The average Bonchev–Trinajstić information content (AvgIpc) is 2.71. The van der Waals surface area contributed by atoms with Gasteiger partial charge >= 0.3 is 0 Å². The van der Waals surface area contributed by atoms with Crippen molar-refractivity contribution in [2.45, 2.75) is 36.8 Å². The van der Waals surface area contributed by atoms with Crippen LogP contribution in [-0.4, -0.2) is 35.7 Å². The van der Waals surface area contributed by atoms with Crippen LogP contribution in [0.25, 0.3) is 0 Å². The monoisotopic (exact) mass is 307 g/mol. The zero-order valence-electron chi connectivity index (χ0n) is 10.7. The minimum absolute atomic E-state index is 0.0108. The maximum atomic E-state index is 12.2. The molecular weight excluding hydrogens is 290 g/mol. The molecule has 0 aliphatic heterocycles. The molecule has 0 radical (unpaired) electrons. The Morgan fingerprint density at radius 1 is 1.53 bits per heavy atom. The number of nitrogens with zero attached hydrogens (tertiary/aromatic N) is 2. The van der Waals surface area contributed by atoms with Gasteiger partial charge in [-0.15, -0.1) is 0 Å². The Morgan fingerprint density at radius 2 is 2.21 bits per heavy atom. The Kier molecular flexibility index (Phi) is 4.50. The maximum Gasteiger partial charge on any atom is 0.261 e. The van der Waals surface area contributed by atoms with Gasteiger partial charge in [0.05, 0.1) is 6.33 Å². The third kappa shape index (κ3) is 3.10. The van der Waals surface area contributed by atoms with Crippen molar-refractivity contribution in [1.29, 1.82) is 0 Å². The van der Waals surface area contributed by atoms with Crippen LogP contribution in [0.1, 0.15) is 25.7 Å². The topological polar surface area (TPSA) is 84.2 Å². The lowest BCUT2D eigenvalue weighted by molar-refractivity contribution is 0.164. The molecule has 2 unspecified atom stereocenters. The van der Waals surface area contributed by atoms with E-state index in [0.717, 1.165) is 25.7 Å². The van der Waals surface area contributed by atoms with Crippen molar-refractivity contribution in [3.63, 3.8) is 0 Å². The molecule has 1 saturated carbocycles. The quantitative estimate of drug-likeness (QED) is 0.865. The highest BCUT2D eigenvalue weighted by Crippen LogP contribution is 2.26. The van der Waals surface area contributed by atoms with Crippen LogP contribution in [0.3, 0.4) is 0 Å². The van der Waals surface area contributed by atoms with Crippen molar-refractivity contribution in [2.75, 3.05) is 6.61 Å². The first-order valence-electron chi connectivity index (χ1n) is 6.25. The Bertz CT molecular complexity index is 543. The summed E-state index contributed by atoms with van der Waals surface area (Å²) in [6.07, 6.45) is 4.91. The molecule has 1 fully saturated rings. The van der Waals surface area contributed by atoms with E-state index in [-0.39, 0.29) is 28.7 Å². The van der Waals surface area contributed by atoms with Crippen molar-refractivity contribution in [3.05, 3.63) is 11.5 Å². The molecule has 8 heteroatoms. The molecule has 1 aliphatic rings. The van der Waals surface area contributed by atoms with E-state index in [2.05, 4.69) is 9.71 Å². The minimum Gasteiger partial charge on any atom is -0.396 e. The lowest BCUT2D eigenvalue weighted by Gasteiger charge is -2.30. The SMILES string of the molecule is Cn1cnc(S(=O)(=O)NC2CCCCC2CO)c1Cl. The molecular formula is C11H18ClN3O3S. The second-order valence-corrected chi connectivity index (χ2v) is 6.89. The van der Waals surface area contributed by atoms with E-state index >= 15 is 0 Å². The van der Waals surface area contributed by atoms with Crippen LogP contribution in [0.2, 0.25) is 5.15 Å². The highest BCUT2D eigenvalue weighted by atomic mass is 35.5. The van der Waals surface area contributed by atoms with Crippen molar-refractivity contribution in [3.8, 4) is 0 Å². The predicted molar refractivity (Wildman–Crippen MR) is 71.4 cm³/mol. The van der Waals surface area contributed by atoms with E-state index in [1.54, 1.807) is 7.05 Å². The fourth-order valence-electron chi connectivity index (χ4n) is 2.41. The molecule has 2 rings (SSSR count). The fraction of sp³-hybridized carbons (Fsp3) is 0.727. The minimum atomic E-state index is -3.74. The zero-order chi connectivity index (χ0) is 14.0. The summed E-state index contributed by atoms with van der Waals surface area (Å²) in [5.74, 6) is -0.0361. The Morgan fingerprint density at radius 3 is 2.79 bits per heavy atom. The number of aliphatic hydroxyl groups is 1. The lowest BCUT2D eigenvalue weighted by atomic mass is 9.86. The third-order valence-corrected chi connectivity index (χ3v) is 5.52. The van der Waals surface area contributed by atoms with Gasteiger partial charge < -0.3 is 9.67 Å². The van der Waals surface area contributed by atoms with E-state index in [4.69, 9.17) is 11.6 Å². The number of aryl methyl sites for hydroxylation is 1. The van der Waals surface area contributed by atoms with E-state index < -0.39 is 10.0 Å². The number of sulfonamides is 1. The maximum absolute atomic E-state index is 12.2. The highest BCUT2D eigenvalue weighted by Gasteiger charge is 2.31. The van der Waals surface area contributed by atoms with Gasteiger partial charge in [0.2, 0.25) is 5.03 Å². The summed E-state index contributed by atoms with van der Waals surface area (Å²) in [6.45, 7) is -0.0108. The van der Waals surface area contributed by atoms with Gasteiger partial charge in [-0.3, -0.25) is 0 Å². The first-order chi connectivity index (χ1) is 8.95. The summed E-state index contributed by atoms with van der Waals surface area (Å²) in [6, 6.07) is -0.248. The molecule has 0 bridgehead atoms. The Hall–Kier alpha value is -0.630. The number of aliphatic hydroxyl groups excluding tert-OH is 1. The molecule has 19 heavy (non-hydrogen) atoms. The largest absolute Gasteiger partial charge is 0.396 e. The number of rotatable bonds is 4. The molecule has 108 valence electrons. The lowest BCUT2D eigenvalue weighted by Crippen LogP contribution is -2.43. The van der Waals surface area contributed by atoms with Gasteiger partial charge in [0.15, 0.2) is 0 Å². The van der Waals surface area contributed by atoms with Crippen molar-refractivity contribution in [1.82, 2.24) is 14.3 Å².